The van der Waals surface area contributed by atoms with E-state index in [9.17, 15) is 4.79 Å². The van der Waals surface area contributed by atoms with Crippen LogP contribution in [-0.4, -0.2) is 25.8 Å². The lowest BCUT2D eigenvalue weighted by Crippen LogP contribution is -2.23. The molecule has 0 saturated heterocycles. The van der Waals surface area contributed by atoms with Gasteiger partial charge < -0.3 is 9.47 Å². The van der Waals surface area contributed by atoms with Gasteiger partial charge in [-0.2, -0.15) is 0 Å². The molecule has 3 heteroatoms. The number of aryl methyl sites for hydroxylation is 1. The van der Waals surface area contributed by atoms with Crippen LogP contribution in [0.15, 0.2) is 24.3 Å². The van der Waals surface area contributed by atoms with Crippen LogP contribution in [0.25, 0.3) is 0 Å². The van der Waals surface area contributed by atoms with Gasteiger partial charge in [-0.25, -0.2) is 4.79 Å². The molecule has 1 rings (SSSR count). The van der Waals surface area contributed by atoms with Gasteiger partial charge in [-0.15, -0.1) is 0 Å². The Balaban J connectivity index is 2.60. The number of hydrogen-bond acceptors (Lipinski definition) is 3. The van der Waals surface area contributed by atoms with E-state index in [2.05, 4.69) is 13.8 Å². The predicted molar refractivity (Wildman–Crippen MR) is 76.3 cm³/mol. The van der Waals surface area contributed by atoms with E-state index in [1.165, 1.54) is 0 Å². The molecule has 0 fully saturated rings. The Labute approximate surface area is 115 Å². The van der Waals surface area contributed by atoms with Gasteiger partial charge in [0.2, 0.25) is 0 Å². The van der Waals surface area contributed by atoms with Gasteiger partial charge in [0.15, 0.2) is 0 Å². The normalized spacial score (nSPS) is 12.5. The molecule has 1 unspecified atom stereocenters. The highest BCUT2D eigenvalue weighted by atomic mass is 16.6. The molecule has 1 aromatic carbocycles. The maximum Gasteiger partial charge on any atom is 0.338 e. The van der Waals surface area contributed by atoms with Crippen LogP contribution < -0.4 is 0 Å². The van der Waals surface area contributed by atoms with Crippen molar-refractivity contribution in [2.24, 2.45) is 5.92 Å². The van der Waals surface area contributed by atoms with Gasteiger partial charge in [-0.1, -0.05) is 31.5 Å². The lowest BCUT2D eigenvalue weighted by Gasteiger charge is -2.18. The summed E-state index contributed by atoms with van der Waals surface area (Å²) in [5.41, 5.74) is 1.66. The van der Waals surface area contributed by atoms with Crippen LogP contribution in [0.3, 0.4) is 0 Å². The van der Waals surface area contributed by atoms with Crippen LogP contribution in [0.2, 0.25) is 0 Å². The molecule has 3 nitrogen and oxygen atoms in total. The molecule has 0 radical (unpaired) electrons. The first-order chi connectivity index (χ1) is 9.02. The first-order valence-electron chi connectivity index (χ1n) is 6.79. The van der Waals surface area contributed by atoms with Crippen molar-refractivity contribution in [3.8, 4) is 0 Å². The molecule has 0 heterocycles. The first kappa shape index (κ1) is 15.7. The maximum absolute atomic E-state index is 12.0. The van der Waals surface area contributed by atoms with Crippen LogP contribution in [-0.2, 0) is 9.47 Å². The Morgan fingerprint density at radius 2 is 2.00 bits per heavy atom. The zero-order chi connectivity index (χ0) is 14.3. The lowest BCUT2D eigenvalue weighted by molar-refractivity contribution is 0.00155. The molecule has 0 bridgehead atoms. The third kappa shape index (κ3) is 5.88. The largest absolute Gasteiger partial charge is 0.456 e. The topological polar surface area (TPSA) is 35.5 Å². The molecule has 0 aliphatic rings. The van der Waals surface area contributed by atoms with Crippen LogP contribution in [0.1, 0.15) is 42.6 Å². The minimum absolute atomic E-state index is 0.166. The van der Waals surface area contributed by atoms with E-state index >= 15 is 0 Å². The molecular formula is C16H24O3. The molecule has 0 saturated carbocycles. The Morgan fingerprint density at radius 3 is 2.58 bits per heavy atom. The third-order valence-electron chi connectivity index (χ3n) is 2.95. The minimum atomic E-state index is -0.269. The number of methoxy groups -OCH3 is 1. The van der Waals surface area contributed by atoms with Gasteiger partial charge >= 0.3 is 5.97 Å². The molecular weight excluding hydrogens is 240 g/mol. The highest BCUT2D eigenvalue weighted by Crippen LogP contribution is 2.13. The fourth-order valence-electron chi connectivity index (χ4n) is 1.87. The molecule has 0 aliphatic carbocycles. The number of ether oxygens (including phenoxy) is 2. The van der Waals surface area contributed by atoms with Crippen LogP contribution in [0.4, 0.5) is 0 Å². The summed E-state index contributed by atoms with van der Waals surface area (Å²) in [7, 11) is 1.63. The van der Waals surface area contributed by atoms with E-state index in [0.717, 1.165) is 18.4 Å². The van der Waals surface area contributed by atoms with Gasteiger partial charge in [0.25, 0.3) is 0 Å². The van der Waals surface area contributed by atoms with Gasteiger partial charge in [0, 0.05) is 7.11 Å². The summed E-state index contributed by atoms with van der Waals surface area (Å²) in [6.45, 7) is 6.73. The molecule has 1 atom stereocenters. The van der Waals surface area contributed by atoms with Gasteiger partial charge in [-0.05, 0) is 37.8 Å². The number of esters is 1. The van der Waals surface area contributed by atoms with Gasteiger partial charge in [-0.3, -0.25) is 0 Å². The molecule has 0 aliphatic heterocycles. The Kier molecular flexibility index (Phi) is 6.57. The van der Waals surface area contributed by atoms with E-state index in [4.69, 9.17) is 9.47 Å². The molecule has 0 amide bonds. The van der Waals surface area contributed by atoms with Crippen molar-refractivity contribution in [3.63, 3.8) is 0 Å². The summed E-state index contributed by atoms with van der Waals surface area (Å²) < 4.78 is 10.6. The fraction of sp³-hybridized carbons (Fsp3) is 0.562. The summed E-state index contributed by atoms with van der Waals surface area (Å²) in [5.74, 6) is 0.325. The first-order valence-corrected chi connectivity index (χ1v) is 6.79. The second kappa shape index (κ2) is 7.95. The molecule has 19 heavy (non-hydrogen) atoms. The van der Waals surface area contributed by atoms with Crippen LogP contribution in [0, 0.1) is 12.8 Å². The molecule has 1 aromatic rings. The quantitative estimate of drug-likeness (QED) is 0.706. The van der Waals surface area contributed by atoms with Crippen molar-refractivity contribution < 1.29 is 14.3 Å². The van der Waals surface area contributed by atoms with Crippen molar-refractivity contribution in [1.29, 1.82) is 0 Å². The Hall–Kier alpha value is -1.35. The zero-order valence-electron chi connectivity index (χ0n) is 12.3. The Morgan fingerprint density at radius 1 is 1.26 bits per heavy atom. The number of carbonyl (C=O) groups is 1. The van der Waals surface area contributed by atoms with E-state index < -0.39 is 0 Å². The van der Waals surface area contributed by atoms with Gasteiger partial charge in [0.1, 0.15) is 6.10 Å². The van der Waals surface area contributed by atoms with Crippen molar-refractivity contribution >= 4 is 5.97 Å². The van der Waals surface area contributed by atoms with Crippen molar-refractivity contribution in [1.82, 2.24) is 0 Å². The summed E-state index contributed by atoms with van der Waals surface area (Å²) >= 11 is 0. The second-order valence-electron chi connectivity index (χ2n) is 5.32. The molecule has 106 valence electrons. The average Bonchev–Trinajstić information content (AvgIpc) is 2.36. The van der Waals surface area contributed by atoms with Crippen LogP contribution in [0.5, 0.6) is 0 Å². The van der Waals surface area contributed by atoms with E-state index in [-0.39, 0.29) is 12.1 Å². The highest BCUT2D eigenvalue weighted by Gasteiger charge is 2.16. The number of rotatable bonds is 7. The predicted octanol–water partition coefficient (Wildman–Crippen LogP) is 3.60. The van der Waals surface area contributed by atoms with Gasteiger partial charge in [0.05, 0.1) is 12.2 Å². The smallest absolute Gasteiger partial charge is 0.338 e. The maximum atomic E-state index is 12.0. The lowest BCUT2D eigenvalue weighted by atomic mass is 10.1. The average molecular weight is 264 g/mol. The molecule has 0 spiro atoms. The Bertz CT molecular complexity index is 399. The van der Waals surface area contributed by atoms with E-state index in [0.29, 0.717) is 18.1 Å². The second-order valence-corrected chi connectivity index (χ2v) is 5.32. The van der Waals surface area contributed by atoms with Crippen molar-refractivity contribution in [2.75, 3.05) is 13.7 Å². The zero-order valence-corrected chi connectivity index (χ0v) is 12.3. The molecule has 0 N–H and O–H groups in total. The van der Waals surface area contributed by atoms with Crippen molar-refractivity contribution in [2.45, 2.75) is 39.7 Å². The monoisotopic (exact) mass is 264 g/mol. The highest BCUT2D eigenvalue weighted by molar-refractivity contribution is 5.89. The fourth-order valence-corrected chi connectivity index (χ4v) is 1.87. The summed E-state index contributed by atoms with van der Waals surface area (Å²) in [6, 6.07) is 7.45. The SMILES string of the molecule is COCC(CCC(C)C)OC(=O)c1cccc(C)c1. The molecule has 0 aromatic heterocycles. The number of carbonyl (C=O) groups excluding carboxylic acids is 1. The third-order valence-corrected chi connectivity index (χ3v) is 2.95. The summed E-state index contributed by atoms with van der Waals surface area (Å²) in [4.78, 5) is 12.0. The van der Waals surface area contributed by atoms with E-state index in [1.807, 2.05) is 25.1 Å². The van der Waals surface area contributed by atoms with Crippen molar-refractivity contribution in [3.05, 3.63) is 35.4 Å². The standard InChI is InChI=1S/C16H24O3/c1-12(2)8-9-15(11-18-4)19-16(17)14-7-5-6-13(3)10-14/h5-7,10,12,15H,8-9,11H2,1-4H3. The number of benzene rings is 1. The van der Waals surface area contributed by atoms with E-state index in [1.54, 1.807) is 13.2 Å². The summed E-state index contributed by atoms with van der Waals surface area (Å²) in [5, 5.41) is 0. The number of hydrogen-bond donors (Lipinski definition) is 0. The van der Waals surface area contributed by atoms with Crippen LogP contribution >= 0.6 is 0 Å². The summed E-state index contributed by atoms with van der Waals surface area (Å²) in [6.07, 6.45) is 1.69. The minimum Gasteiger partial charge on any atom is -0.456 e.